The van der Waals surface area contributed by atoms with Gasteiger partial charge in [-0.2, -0.15) is 9.36 Å². The quantitative estimate of drug-likeness (QED) is 0.0521. The van der Waals surface area contributed by atoms with Gasteiger partial charge in [0.25, 0.3) is 11.8 Å². The fourth-order valence-corrected chi connectivity index (χ4v) is 6.67. The molecule has 252 valence electrons. The summed E-state index contributed by atoms with van der Waals surface area (Å²) in [4.78, 5) is 72.8. The molecule has 3 atom stereocenters. The predicted molar refractivity (Wildman–Crippen MR) is 164 cm³/mol. The standard InChI is InChI=1S/C25H32N12O8S2/c1-25(2,22(42)43)45-33-13(17-32-23(27)47-34-17)18(38)31-14-19(39)37-15(21(40)41)10(9-46-20(14)37)7-36-8-12(16(26)35(36)3)30-24(44)29-11-4-5-28-6-11/h8,11,14,20,26,28H,4-7,9H2,1-3H3,(H7,27,29,30,31,32,34,38,40,41,42,43,44)/b33-13-/t11?,14-,20-/m1/s1. The first-order chi connectivity index (χ1) is 22.2. The zero-order valence-electron chi connectivity index (χ0n) is 25.3. The summed E-state index contributed by atoms with van der Waals surface area (Å²) in [6, 6.07) is -1.64. The number of carbonyl (C=O) groups is 5. The molecule has 0 saturated carbocycles. The molecular formula is C25H32N12O8S2. The summed E-state index contributed by atoms with van der Waals surface area (Å²) >= 11 is 1.95. The number of carbonyl (C=O) groups excluding carboxylic acids is 4. The third-order valence-electron chi connectivity index (χ3n) is 7.56. The van der Waals surface area contributed by atoms with Gasteiger partial charge in [-0.15, -0.1) is 21.1 Å². The number of rotatable bonds is 11. The van der Waals surface area contributed by atoms with Gasteiger partial charge in [-0.05, 0) is 26.8 Å². The maximum absolute atomic E-state index is 13.3. The average molecular weight is 693 g/mol. The first-order valence-corrected chi connectivity index (χ1v) is 15.9. The van der Waals surface area contributed by atoms with Crippen LogP contribution in [0.15, 0.2) is 22.6 Å². The molecule has 3 aliphatic rings. The Bertz CT molecular complexity index is 1700. The molecule has 0 aromatic carbocycles. The molecule has 2 aromatic heterocycles. The normalized spacial score (nSPS) is 21.2. The summed E-state index contributed by atoms with van der Waals surface area (Å²) in [5.74, 6) is -4.57. The molecule has 0 spiro atoms. The van der Waals surface area contributed by atoms with Gasteiger partial charge in [0.2, 0.25) is 23.3 Å². The van der Waals surface area contributed by atoms with Crippen molar-refractivity contribution in [3.63, 3.8) is 0 Å². The first kappa shape index (κ1) is 33.4. The summed E-state index contributed by atoms with van der Waals surface area (Å²) in [5.41, 5.74) is 9.76. The minimum absolute atomic E-state index is 0.00589. The Morgan fingerprint density at radius 1 is 1.30 bits per heavy atom. The molecule has 5 rings (SSSR count). The number of nitrogen functional groups attached to an aromatic ring is 2. The number of aromatic nitrogens is 4. The van der Waals surface area contributed by atoms with Gasteiger partial charge in [0.1, 0.15) is 11.4 Å². The summed E-state index contributed by atoms with van der Waals surface area (Å²) in [5, 5.41) is 35.7. The molecule has 5 heterocycles. The highest BCUT2D eigenvalue weighted by molar-refractivity contribution is 8.00. The minimum atomic E-state index is -1.82. The number of hydrogen-bond donors (Lipinski definition) is 7. The zero-order chi connectivity index (χ0) is 34.2. The van der Waals surface area contributed by atoms with Crippen molar-refractivity contribution in [2.75, 3.05) is 35.6 Å². The van der Waals surface area contributed by atoms with E-state index in [9.17, 15) is 34.2 Å². The zero-order valence-corrected chi connectivity index (χ0v) is 26.9. The summed E-state index contributed by atoms with van der Waals surface area (Å²) in [6.07, 6.45) is 2.34. The van der Waals surface area contributed by atoms with Crippen molar-refractivity contribution in [3.05, 3.63) is 23.3 Å². The number of β-lactam (4-membered cyclic amide) rings is 1. The molecule has 20 nitrogen and oxygen atoms in total. The Hall–Kier alpha value is -4.96. The van der Waals surface area contributed by atoms with Crippen LogP contribution in [0.4, 0.5) is 21.4 Å². The van der Waals surface area contributed by atoms with E-state index in [0.29, 0.717) is 17.8 Å². The van der Waals surface area contributed by atoms with Gasteiger partial charge in [0, 0.05) is 35.4 Å². The van der Waals surface area contributed by atoms with Crippen LogP contribution in [0.25, 0.3) is 0 Å². The Balaban J connectivity index is 1.31. The van der Waals surface area contributed by atoms with E-state index in [2.05, 4.69) is 35.8 Å². The number of nitrogens with two attached hydrogens (primary N) is 2. The lowest BCUT2D eigenvalue weighted by Gasteiger charge is -2.50. The van der Waals surface area contributed by atoms with Crippen molar-refractivity contribution in [3.8, 4) is 0 Å². The highest BCUT2D eigenvalue weighted by atomic mass is 32.2. The molecule has 22 heteroatoms. The van der Waals surface area contributed by atoms with Crippen LogP contribution in [0.3, 0.4) is 0 Å². The van der Waals surface area contributed by atoms with Crippen LogP contribution in [-0.4, -0.2) is 101 Å². The van der Waals surface area contributed by atoms with E-state index in [-0.39, 0.29) is 40.8 Å². The van der Waals surface area contributed by atoms with Crippen molar-refractivity contribution in [2.45, 2.75) is 49.9 Å². The lowest BCUT2D eigenvalue weighted by Crippen LogP contribution is -2.71. The van der Waals surface area contributed by atoms with E-state index in [1.54, 1.807) is 17.9 Å². The lowest BCUT2D eigenvalue weighted by molar-refractivity contribution is -0.765. The molecule has 0 aliphatic carbocycles. The van der Waals surface area contributed by atoms with Gasteiger partial charge >= 0.3 is 12.0 Å². The SMILES string of the molecule is Cn1c(N)c(NC(=O)NC2CCNC2)c[n+]1CC1=C(C(=O)[O-])N2C(=O)[C@@H](NC(=O)/C(=N\OC(C)(C)C(=O)O)c3nsc(N)n3)[C@H]2SC1. The number of amides is 4. The second kappa shape index (κ2) is 13.0. The van der Waals surface area contributed by atoms with Gasteiger partial charge in [-0.25, -0.2) is 9.59 Å². The number of oxime groups is 1. The Morgan fingerprint density at radius 3 is 2.66 bits per heavy atom. The number of nitrogens with one attached hydrogen (secondary N) is 4. The van der Waals surface area contributed by atoms with E-state index in [4.69, 9.17) is 16.3 Å². The van der Waals surface area contributed by atoms with Crippen LogP contribution >= 0.6 is 23.3 Å². The van der Waals surface area contributed by atoms with Crippen molar-refractivity contribution < 1.29 is 43.7 Å². The lowest BCUT2D eigenvalue weighted by atomic mass is 10.0. The molecule has 2 aromatic rings. The van der Waals surface area contributed by atoms with E-state index in [1.165, 1.54) is 30.3 Å². The molecule has 47 heavy (non-hydrogen) atoms. The Kier molecular flexibility index (Phi) is 9.27. The number of anilines is 3. The van der Waals surface area contributed by atoms with E-state index >= 15 is 0 Å². The van der Waals surface area contributed by atoms with Gasteiger partial charge < -0.3 is 47.3 Å². The van der Waals surface area contributed by atoms with Gasteiger partial charge in [-0.3, -0.25) is 19.8 Å². The average Bonchev–Trinajstić information content (AvgIpc) is 3.74. The van der Waals surface area contributed by atoms with E-state index in [0.717, 1.165) is 29.4 Å². The topological polar surface area (TPSA) is 288 Å². The Labute approximate surface area is 274 Å². The number of carboxylic acid groups (broad SMARTS) is 2. The second-order valence-electron chi connectivity index (χ2n) is 11.2. The summed E-state index contributed by atoms with van der Waals surface area (Å²) in [7, 11) is 1.63. The van der Waals surface area contributed by atoms with Crippen molar-refractivity contribution in [1.29, 1.82) is 0 Å². The molecular weight excluding hydrogens is 660 g/mol. The fourth-order valence-electron chi connectivity index (χ4n) is 4.90. The smallest absolute Gasteiger partial charge is 0.350 e. The second-order valence-corrected chi connectivity index (χ2v) is 13.1. The largest absolute Gasteiger partial charge is 0.543 e. The number of thioether (sulfide) groups is 1. The number of urea groups is 1. The maximum atomic E-state index is 13.3. The number of carboxylic acids is 2. The Morgan fingerprint density at radius 2 is 2.04 bits per heavy atom. The molecule has 2 saturated heterocycles. The fraction of sp³-hybridized carbons (Fsp3) is 0.480. The molecule has 2 fully saturated rings. The van der Waals surface area contributed by atoms with Crippen molar-refractivity contribution in [2.24, 2.45) is 12.2 Å². The van der Waals surface area contributed by atoms with E-state index < -0.39 is 52.5 Å². The van der Waals surface area contributed by atoms with Crippen LogP contribution < -0.4 is 42.5 Å². The number of fused-ring (bicyclic) bond motifs is 1. The summed E-state index contributed by atoms with van der Waals surface area (Å²) in [6.45, 7) is 3.87. The van der Waals surface area contributed by atoms with Gasteiger partial charge in [0.05, 0.1) is 18.7 Å². The number of hydrogen-bond acceptors (Lipinski definition) is 15. The van der Waals surface area contributed by atoms with Gasteiger partial charge in [0.15, 0.2) is 23.2 Å². The van der Waals surface area contributed by atoms with E-state index in [1.807, 2.05) is 0 Å². The number of aliphatic carboxylic acids is 2. The van der Waals surface area contributed by atoms with Crippen LogP contribution in [0.1, 0.15) is 26.1 Å². The van der Waals surface area contributed by atoms with Crippen LogP contribution in [0, 0.1) is 0 Å². The molecule has 3 aliphatic heterocycles. The molecule has 4 amide bonds. The molecule has 1 unspecified atom stereocenters. The minimum Gasteiger partial charge on any atom is -0.543 e. The molecule has 9 N–H and O–H groups in total. The monoisotopic (exact) mass is 692 g/mol. The van der Waals surface area contributed by atoms with Crippen molar-refractivity contribution in [1.82, 2.24) is 34.9 Å². The van der Waals surface area contributed by atoms with Crippen molar-refractivity contribution >= 4 is 75.4 Å². The molecule has 0 radical (unpaired) electrons. The van der Waals surface area contributed by atoms with Crippen LogP contribution in [0.5, 0.6) is 0 Å². The summed E-state index contributed by atoms with van der Waals surface area (Å²) < 4.78 is 7.03. The third-order valence-corrected chi connectivity index (χ3v) is 9.44. The number of nitrogens with zero attached hydrogens (tertiary/aromatic N) is 6. The van der Waals surface area contributed by atoms with Gasteiger partial charge in [-0.1, -0.05) is 5.16 Å². The van der Waals surface area contributed by atoms with Crippen LogP contribution in [0.2, 0.25) is 0 Å². The highest BCUT2D eigenvalue weighted by Crippen LogP contribution is 2.40. The molecule has 0 bridgehead atoms. The first-order valence-electron chi connectivity index (χ1n) is 14.1. The highest BCUT2D eigenvalue weighted by Gasteiger charge is 2.53. The maximum Gasteiger partial charge on any atom is 0.350 e. The predicted octanol–water partition coefficient (Wildman–Crippen LogP) is -3.50. The van der Waals surface area contributed by atoms with Crippen LogP contribution in [-0.2, 0) is 37.6 Å². The third kappa shape index (κ3) is 6.78.